The maximum Gasteiger partial charge on any atom is 1.00 e. The average molecular weight is 538 g/mol. The van der Waals surface area contributed by atoms with Gasteiger partial charge >= 0.3 is 29.6 Å². The Labute approximate surface area is 243 Å². The molecule has 1 aliphatic heterocycles. The predicted molar refractivity (Wildman–Crippen MR) is 135 cm³/mol. The van der Waals surface area contributed by atoms with Crippen LogP contribution >= 0.6 is 23.2 Å². The molecule has 3 aromatic carbocycles. The van der Waals surface area contributed by atoms with E-state index in [0.717, 1.165) is 17.0 Å². The summed E-state index contributed by atoms with van der Waals surface area (Å²) < 4.78 is 11.3. The van der Waals surface area contributed by atoms with Crippen molar-refractivity contribution in [3.63, 3.8) is 0 Å². The SMILES string of the molecule is Cc1cc(Cl)ccc1CCNC=O.Cc1ccc(Oc2cc3c(cc2Cl)C(C(=O)[O-])CCO3)cc1.[Na+]. The number of benzene rings is 3. The zero-order chi connectivity index (χ0) is 25.4. The second-order valence-corrected chi connectivity index (χ2v) is 8.98. The minimum absolute atomic E-state index is 0. The number of rotatable bonds is 7. The Morgan fingerprint density at radius 2 is 1.86 bits per heavy atom. The monoisotopic (exact) mass is 537 g/mol. The predicted octanol–water partition coefficient (Wildman–Crippen LogP) is 2.00. The number of carbonyl (C=O) groups is 2. The van der Waals surface area contributed by atoms with E-state index in [0.29, 0.717) is 53.8 Å². The number of carboxylic acid groups (broad SMARTS) is 1. The largest absolute Gasteiger partial charge is 1.00 e. The van der Waals surface area contributed by atoms with Gasteiger partial charge in [0.1, 0.15) is 17.2 Å². The normalized spacial score (nSPS) is 13.6. The van der Waals surface area contributed by atoms with E-state index >= 15 is 0 Å². The molecule has 1 N–H and O–H groups in total. The molecule has 0 aromatic heterocycles. The summed E-state index contributed by atoms with van der Waals surface area (Å²) in [6.07, 6.45) is 1.94. The summed E-state index contributed by atoms with van der Waals surface area (Å²) in [4.78, 5) is 21.2. The van der Waals surface area contributed by atoms with E-state index in [9.17, 15) is 14.7 Å². The van der Waals surface area contributed by atoms with Crippen LogP contribution in [-0.2, 0) is 16.0 Å². The van der Waals surface area contributed by atoms with Crippen molar-refractivity contribution in [2.24, 2.45) is 0 Å². The molecule has 0 saturated heterocycles. The van der Waals surface area contributed by atoms with Crippen molar-refractivity contribution in [2.75, 3.05) is 13.2 Å². The molecule has 0 radical (unpaired) electrons. The van der Waals surface area contributed by atoms with Crippen LogP contribution < -0.4 is 49.5 Å². The van der Waals surface area contributed by atoms with Crippen molar-refractivity contribution in [3.05, 3.63) is 86.9 Å². The Morgan fingerprint density at radius 1 is 1.14 bits per heavy atom. The van der Waals surface area contributed by atoms with Crippen molar-refractivity contribution < 1.29 is 53.7 Å². The van der Waals surface area contributed by atoms with Crippen molar-refractivity contribution >= 4 is 35.6 Å². The Morgan fingerprint density at radius 3 is 2.50 bits per heavy atom. The van der Waals surface area contributed by atoms with E-state index in [1.54, 1.807) is 12.1 Å². The quantitative estimate of drug-likeness (QED) is 0.283. The van der Waals surface area contributed by atoms with Gasteiger partial charge in [0.15, 0.2) is 0 Å². The molecular formula is C27H26Cl2NNaO5. The summed E-state index contributed by atoms with van der Waals surface area (Å²) in [6.45, 7) is 5.01. The number of aryl methyl sites for hydroxylation is 2. The van der Waals surface area contributed by atoms with Gasteiger partial charge in [-0.15, -0.1) is 0 Å². The summed E-state index contributed by atoms with van der Waals surface area (Å²) in [7, 11) is 0. The molecular weight excluding hydrogens is 512 g/mol. The van der Waals surface area contributed by atoms with Crippen LogP contribution in [-0.4, -0.2) is 25.5 Å². The molecule has 9 heteroatoms. The average Bonchev–Trinajstić information content (AvgIpc) is 2.82. The molecule has 0 saturated carbocycles. The molecule has 1 aliphatic rings. The smallest absolute Gasteiger partial charge is 0.549 e. The van der Waals surface area contributed by atoms with Crippen LogP contribution in [0.4, 0.5) is 0 Å². The van der Waals surface area contributed by atoms with Gasteiger partial charge in [-0.1, -0.05) is 47.0 Å². The third-order valence-corrected chi connectivity index (χ3v) is 6.09. The van der Waals surface area contributed by atoms with E-state index < -0.39 is 11.9 Å². The Balaban J connectivity index is 0.000000281. The number of amides is 1. The number of fused-ring (bicyclic) bond motifs is 1. The van der Waals surface area contributed by atoms with Gasteiger partial charge in [-0.05, 0) is 68.1 Å². The van der Waals surface area contributed by atoms with Crippen LogP contribution in [0.3, 0.4) is 0 Å². The third-order valence-electron chi connectivity index (χ3n) is 5.56. The van der Waals surface area contributed by atoms with Crippen LogP contribution in [0, 0.1) is 13.8 Å². The number of hydrogen-bond donors (Lipinski definition) is 1. The number of nitrogens with one attached hydrogen (secondary N) is 1. The first-order chi connectivity index (χ1) is 16.8. The van der Waals surface area contributed by atoms with E-state index in [-0.39, 0.29) is 29.6 Å². The van der Waals surface area contributed by atoms with E-state index in [1.165, 1.54) is 11.1 Å². The molecule has 184 valence electrons. The molecule has 0 spiro atoms. The van der Waals surface area contributed by atoms with E-state index in [2.05, 4.69) is 5.32 Å². The van der Waals surface area contributed by atoms with Crippen molar-refractivity contribution in [3.8, 4) is 17.2 Å². The molecule has 1 unspecified atom stereocenters. The first-order valence-corrected chi connectivity index (χ1v) is 11.9. The second kappa shape index (κ2) is 14.5. The van der Waals surface area contributed by atoms with E-state index in [1.807, 2.05) is 56.3 Å². The summed E-state index contributed by atoms with van der Waals surface area (Å²) in [5, 5.41) is 14.9. The van der Waals surface area contributed by atoms with Crippen LogP contribution in [0.1, 0.15) is 34.6 Å². The Bertz CT molecular complexity index is 1190. The zero-order valence-electron chi connectivity index (χ0n) is 20.5. The molecule has 1 atom stereocenters. The fourth-order valence-electron chi connectivity index (χ4n) is 3.65. The number of carbonyl (C=O) groups excluding carboxylic acids is 2. The maximum absolute atomic E-state index is 11.2. The maximum atomic E-state index is 11.2. The standard InChI is InChI=1S/C17H15ClO4.C10H12ClNO.Na/c1-10-2-4-11(5-3-10)22-16-9-15-13(8-14(16)18)12(17(19)20)6-7-21-15;1-8-6-10(11)3-2-9(8)4-5-12-7-13;/h2-5,8-9,12H,6-7H2,1H3,(H,19,20);2-3,6-7H,4-5H2,1H3,(H,12,13);/q;;+1/p-1. The molecule has 3 aromatic rings. The van der Waals surface area contributed by atoms with Crippen LogP contribution in [0.15, 0.2) is 54.6 Å². The molecule has 36 heavy (non-hydrogen) atoms. The molecule has 4 rings (SSSR count). The minimum Gasteiger partial charge on any atom is -0.549 e. The number of hydrogen-bond acceptors (Lipinski definition) is 5. The third kappa shape index (κ3) is 8.43. The second-order valence-electron chi connectivity index (χ2n) is 8.14. The summed E-state index contributed by atoms with van der Waals surface area (Å²) in [5.74, 6) is -0.252. The molecule has 1 amide bonds. The summed E-state index contributed by atoms with van der Waals surface area (Å²) in [6, 6.07) is 16.6. The van der Waals surface area contributed by atoms with Gasteiger partial charge in [0.05, 0.1) is 11.6 Å². The fraction of sp³-hybridized carbons (Fsp3) is 0.259. The van der Waals surface area contributed by atoms with Crippen LogP contribution in [0.25, 0.3) is 0 Å². The van der Waals surface area contributed by atoms with Gasteiger partial charge in [-0.2, -0.15) is 0 Å². The van der Waals surface area contributed by atoms with Crippen molar-refractivity contribution in [1.82, 2.24) is 5.32 Å². The van der Waals surface area contributed by atoms with Gasteiger partial charge in [-0.3, -0.25) is 4.79 Å². The fourth-order valence-corrected chi connectivity index (χ4v) is 4.09. The van der Waals surface area contributed by atoms with Crippen molar-refractivity contribution in [2.45, 2.75) is 32.6 Å². The van der Waals surface area contributed by atoms with E-state index in [4.69, 9.17) is 32.7 Å². The number of carboxylic acids is 1. The zero-order valence-corrected chi connectivity index (χ0v) is 24.0. The number of aliphatic carboxylic acids is 1. The van der Waals surface area contributed by atoms with Crippen molar-refractivity contribution in [1.29, 1.82) is 0 Å². The summed E-state index contributed by atoms with van der Waals surface area (Å²) in [5.41, 5.74) is 4.05. The van der Waals surface area contributed by atoms with Gasteiger partial charge in [0, 0.05) is 35.1 Å². The first kappa shape index (κ1) is 30.0. The van der Waals surface area contributed by atoms with Crippen LogP contribution in [0.2, 0.25) is 10.0 Å². The first-order valence-electron chi connectivity index (χ1n) is 11.1. The van der Waals surface area contributed by atoms with Gasteiger partial charge in [0.2, 0.25) is 6.41 Å². The topological polar surface area (TPSA) is 87.7 Å². The summed E-state index contributed by atoms with van der Waals surface area (Å²) >= 11 is 12.0. The Kier molecular flexibility index (Phi) is 12.1. The molecule has 6 nitrogen and oxygen atoms in total. The van der Waals surface area contributed by atoms with Crippen LogP contribution in [0.5, 0.6) is 17.2 Å². The number of ether oxygens (including phenoxy) is 2. The molecule has 0 bridgehead atoms. The molecule has 0 fully saturated rings. The minimum atomic E-state index is -1.12. The van der Waals surface area contributed by atoms with Gasteiger partial charge in [-0.25, -0.2) is 0 Å². The van der Waals surface area contributed by atoms with Gasteiger partial charge in [0.25, 0.3) is 0 Å². The Hall–Kier alpha value is -2.22. The number of halogens is 2. The molecule has 0 aliphatic carbocycles. The molecule has 1 heterocycles. The van der Waals surface area contributed by atoms with Gasteiger partial charge < -0.3 is 24.7 Å².